The predicted octanol–water partition coefficient (Wildman–Crippen LogP) is 0.872. The first-order chi connectivity index (χ1) is 8.24. The number of aromatic nitrogens is 2. The second kappa shape index (κ2) is 4.99. The number of rotatable bonds is 3. The molecule has 0 saturated carbocycles. The van der Waals surface area contributed by atoms with Crippen LogP contribution in [-0.4, -0.2) is 43.2 Å². The van der Waals surface area contributed by atoms with Crippen molar-refractivity contribution in [1.29, 1.82) is 0 Å². The Morgan fingerprint density at radius 2 is 2.00 bits per heavy atom. The Balaban J connectivity index is 2.34. The number of nitrogens with zero attached hydrogens (tertiary/aromatic N) is 3. The van der Waals surface area contributed by atoms with E-state index in [1.54, 1.807) is 6.07 Å². The second-order valence-corrected chi connectivity index (χ2v) is 3.78. The predicted molar refractivity (Wildman–Crippen MR) is 61.4 cm³/mol. The van der Waals surface area contributed by atoms with Crippen molar-refractivity contribution in [2.24, 2.45) is 0 Å². The van der Waals surface area contributed by atoms with Crippen LogP contribution in [0, 0.1) is 0 Å². The third kappa shape index (κ3) is 2.46. The summed E-state index contributed by atoms with van der Waals surface area (Å²) >= 11 is 0. The fraction of sp³-hybridized carbons (Fsp3) is 0.545. The molecule has 1 fully saturated rings. The van der Waals surface area contributed by atoms with Gasteiger partial charge in [-0.3, -0.25) is 0 Å². The first-order valence-electron chi connectivity index (χ1n) is 5.51. The van der Waals surface area contributed by atoms with Gasteiger partial charge in [0.25, 0.3) is 0 Å². The van der Waals surface area contributed by atoms with E-state index in [4.69, 9.17) is 4.74 Å². The molecule has 17 heavy (non-hydrogen) atoms. The van der Waals surface area contributed by atoms with E-state index in [0.29, 0.717) is 5.88 Å². The van der Waals surface area contributed by atoms with Gasteiger partial charge in [0.05, 0.1) is 14.2 Å². The van der Waals surface area contributed by atoms with Crippen molar-refractivity contribution in [3.05, 3.63) is 11.9 Å². The van der Waals surface area contributed by atoms with Crippen LogP contribution in [0.25, 0.3) is 0 Å². The van der Waals surface area contributed by atoms with E-state index in [0.717, 1.165) is 31.7 Å². The molecule has 1 saturated heterocycles. The monoisotopic (exact) mass is 237 g/mol. The molecule has 0 N–H and O–H groups in total. The van der Waals surface area contributed by atoms with E-state index >= 15 is 0 Å². The minimum Gasteiger partial charge on any atom is -0.481 e. The van der Waals surface area contributed by atoms with Crippen LogP contribution in [0.2, 0.25) is 0 Å². The summed E-state index contributed by atoms with van der Waals surface area (Å²) in [5.74, 6) is 0.579. The average molecular weight is 237 g/mol. The third-order valence-electron chi connectivity index (χ3n) is 2.70. The summed E-state index contributed by atoms with van der Waals surface area (Å²) in [6, 6.07) is 1.73. The van der Waals surface area contributed by atoms with Crippen molar-refractivity contribution in [3.63, 3.8) is 0 Å². The summed E-state index contributed by atoms with van der Waals surface area (Å²) in [6.07, 6.45) is 2.28. The maximum Gasteiger partial charge on any atom is 0.376 e. The quantitative estimate of drug-likeness (QED) is 0.727. The fourth-order valence-electron chi connectivity index (χ4n) is 1.81. The van der Waals surface area contributed by atoms with Gasteiger partial charge in [-0.15, -0.1) is 0 Å². The molecule has 92 valence electrons. The molecule has 0 amide bonds. The first-order valence-corrected chi connectivity index (χ1v) is 5.51. The Bertz CT molecular complexity index is 416. The number of carbonyl (C=O) groups excluding carboxylic acids is 1. The lowest BCUT2D eigenvalue weighted by molar-refractivity contribution is 0.0585. The Labute approximate surface area is 99.6 Å². The number of hydrogen-bond acceptors (Lipinski definition) is 6. The summed E-state index contributed by atoms with van der Waals surface area (Å²) < 4.78 is 9.68. The van der Waals surface area contributed by atoms with Crippen molar-refractivity contribution in [2.45, 2.75) is 12.8 Å². The van der Waals surface area contributed by atoms with Crippen LogP contribution in [-0.2, 0) is 4.74 Å². The average Bonchev–Trinajstić information content (AvgIpc) is 2.91. The Morgan fingerprint density at radius 1 is 1.29 bits per heavy atom. The molecule has 2 rings (SSSR count). The van der Waals surface area contributed by atoms with Gasteiger partial charge in [-0.25, -0.2) is 9.78 Å². The molecule has 1 aliphatic rings. The highest BCUT2D eigenvalue weighted by molar-refractivity contribution is 5.85. The Morgan fingerprint density at radius 3 is 2.59 bits per heavy atom. The van der Waals surface area contributed by atoms with Crippen molar-refractivity contribution in [3.8, 4) is 5.88 Å². The zero-order valence-electron chi connectivity index (χ0n) is 9.97. The molecule has 0 aromatic carbocycles. The van der Waals surface area contributed by atoms with Gasteiger partial charge in [-0.05, 0) is 12.8 Å². The molecule has 1 aromatic heterocycles. The topological polar surface area (TPSA) is 64.6 Å². The van der Waals surface area contributed by atoms with Gasteiger partial charge >= 0.3 is 5.97 Å². The van der Waals surface area contributed by atoms with Crippen LogP contribution in [0.3, 0.4) is 0 Å². The maximum absolute atomic E-state index is 11.4. The summed E-state index contributed by atoms with van der Waals surface area (Å²) in [5.41, 5.74) is 0. The SMILES string of the molecule is COC(=O)c1nc(OC)cc(N2CCCC2)n1. The number of methoxy groups -OCH3 is 2. The number of esters is 1. The van der Waals surface area contributed by atoms with Gasteiger partial charge in [0, 0.05) is 19.2 Å². The number of ether oxygens (including phenoxy) is 2. The number of hydrogen-bond donors (Lipinski definition) is 0. The molecule has 0 spiro atoms. The van der Waals surface area contributed by atoms with Gasteiger partial charge in [0.1, 0.15) is 5.82 Å². The fourth-order valence-corrected chi connectivity index (χ4v) is 1.81. The Kier molecular flexibility index (Phi) is 3.41. The molecule has 0 radical (unpaired) electrons. The molecular weight excluding hydrogens is 222 g/mol. The van der Waals surface area contributed by atoms with Gasteiger partial charge in [0.2, 0.25) is 11.7 Å². The highest BCUT2D eigenvalue weighted by Crippen LogP contribution is 2.21. The molecule has 6 heteroatoms. The smallest absolute Gasteiger partial charge is 0.376 e. The van der Waals surface area contributed by atoms with Crippen LogP contribution < -0.4 is 9.64 Å². The van der Waals surface area contributed by atoms with Crippen LogP contribution >= 0.6 is 0 Å². The largest absolute Gasteiger partial charge is 0.481 e. The minimum absolute atomic E-state index is 0.0359. The zero-order chi connectivity index (χ0) is 12.3. The molecule has 1 aromatic rings. The van der Waals surface area contributed by atoms with Crippen LogP contribution in [0.1, 0.15) is 23.5 Å². The molecule has 0 unspecified atom stereocenters. The van der Waals surface area contributed by atoms with E-state index in [2.05, 4.69) is 19.6 Å². The number of carbonyl (C=O) groups is 1. The lowest BCUT2D eigenvalue weighted by atomic mass is 10.4. The maximum atomic E-state index is 11.4. The molecule has 0 aliphatic carbocycles. The van der Waals surface area contributed by atoms with Gasteiger partial charge in [-0.1, -0.05) is 0 Å². The highest BCUT2D eigenvalue weighted by Gasteiger charge is 2.19. The zero-order valence-corrected chi connectivity index (χ0v) is 9.97. The highest BCUT2D eigenvalue weighted by atomic mass is 16.5. The van der Waals surface area contributed by atoms with E-state index in [1.165, 1.54) is 14.2 Å². The van der Waals surface area contributed by atoms with Gasteiger partial charge in [-0.2, -0.15) is 4.98 Å². The molecular formula is C11H15N3O3. The summed E-state index contributed by atoms with van der Waals surface area (Å²) in [6.45, 7) is 1.89. The van der Waals surface area contributed by atoms with E-state index in [-0.39, 0.29) is 5.82 Å². The normalized spacial score (nSPS) is 14.8. The second-order valence-electron chi connectivity index (χ2n) is 3.78. The minimum atomic E-state index is -0.552. The molecule has 0 atom stereocenters. The van der Waals surface area contributed by atoms with E-state index in [9.17, 15) is 4.79 Å². The summed E-state index contributed by atoms with van der Waals surface area (Å²) in [5, 5.41) is 0. The molecule has 0 bridgehead atoms. The standard InChI is InChI=1S/C11H15N3O3/c1-16-9-7-8(14-5-3-4-6-14)12-10(13-9)11(15)17-2/h7H,3-6H2,1-2H3. The molecule has 6 nitrogen and oxygen atoms in total. The van der Waals surface area contributed by atoms with Crippen molar-refractivity contribution >= 4 is 11.8 Å². The van der Waals surface area contributed by atoms with Crippen LogP contribution in [0.4, 0.5) is 5.82 Å². The van der Waals surface area contributed by atoms with Crippen molar-refractivity contribution in [1.82, 2.24) is 9.97 Å². The molecule has 1 aliphatic heterocycles. The van der Waals surface area contributed by atoms with Crippen LogP contribution in [0.15, 0.2) is 6.07 Å². The number of anilines is 1. The summed E-state index contributed by atoms with van der Waals surface area (Å²) in [4.78, 5) is 21.7. The van der Waals surface area contributed by atoms with E-state index in [1.807, 2.05) is 0 Å². The molecule has 2 heterocycles. The lowest BCUT2D eigenvalue weighted by Gasteiger charge is -2.17. The van der Waals surface area contributed by atoms with Gasteiger partial charge in [0.15, 0.2) is 0 Å². The summed E-state index contributed by atoms with van der Waals surface area (Å²) in [7, 11) is 2.82. The van der Waals surface area contributed by atoms with Gasteiger partial charge < -0.3 is 14.4 Å². The Hall–Kier alpha value is -1.85. The van der Waals surface area contributed by atoms with E-state index < -0.39 is 5.97 Å². The lowest BCUT2D eigenvalue weighted by Crippen LogP contribution is -2.21. The van der Waals surface area contributed by atoms with Crippen molar-refractivity contribution < 1.29 is 14.3 Å². The van der Waals surface area contributed by atoms with Crippen molar-refractivity contribution in [2.75, 3.05) is 32.2 Å². The first kappa shape index (κ1) is 11.6. The van der Waals surface area contributed by atoms with Crippen LogP contribution in [0.5, 0.6) is 5.88 Å². The third-order valence-corrected chi connectivity index (χ3v) is 2.70.